The maximum atomic E-state index is 12.4. The first-order valence-electron chi connectivity index (χ1n) is 7.56. The van der Waals surface area contributed by atoms with Gasteiger partial charge in [-0.2, -0.15) is 0 Å². The molecule has 0 spiro atoms. The number of carbonyl (C=O) groups excluding carboxylic acids is 1. The van der Waals surface area contributed by atoms with Crippen LogP contribution in [0, 0.1) is 20.8 Å². The van der Waals surface area contributed by atoms with Gasteiger partial charge in [-0.25, -0.2) is 0 Å². The molecule has 0 aliphatic carbocycles. The van der Waals surface area contributed by atoms with E-state index in [4.69, 9.17) is 16.1 Å². The largest absolute Gasteiger partial charge is 0.355 e. The number of halogens is 1. The van der Waals surface area contributed by atoms with Crippen LogP contribution < -0.4 is 5.32 Å². The summed E-state index contributed by atoms with van der Waals surface area (Å²) in [4.78, 5) is 12.4. The number of carbonyl (C=O) groups is 1. The first-order valence-corrected chi connectivity index (χ1v) is 7.93. The van der Waals surface area contributed by atoms with Crippen molar-refractivity contribution in [3.63, 3.8) is 0 Å². The van der Waals surface area contributed by atoms with Crippen LogP contribution in [0.1, 0.15) is 27.2 Å². The summed E-state index contributed by atoms with van der Waals surface area (Å²) in [5.41, 5.74) is 5.05. The van der Waals surface area contributed by atoms with Crippen molar-refractivity contribution in [2.45, 2.75) is 20.8 Å². The molecule has 5 heteroatoms. The summed E-state index contributed by atoms with van der Waals surface area (Å²) in [6.45, 7) is 5.97. The summed E-state index contributed by atoms with van der Waals surface area (Å²) < 4.78 is 5.28. The van der Waals surface area contributed by atoms with Crippen molar-refractivity contribution in [3.8, 4) is 11.3 Å². The molecule has 1 amide bonds. The highest BCUT2D eigenvalue weighted by molar-refractivity contribution is 6.30. The van der Waals surface area contributed by atoms with E-state index in [1.165, 1.54) is 0 Å². The number of benzene rings is 2. The number of nitrogens with one attached hydrogen (secondary N) is 1. The fraction of sp³-hybridized carbons (Fsp3) is 0.158. The number of aromatic nitrogens is 1. The Hall–Kier alpha value is -2.59. The van der Waals surface area contributed by atoms with Crippen molar-refractivity contribution < 1.29 is 9.32 Å². The van der Waals surface area contributed by atoms with Crippen LogP contribution in [0.5, 0.6) is 0 Å². The van der Waals surface area contributed by atoms with Crippen LogP contribution in [0.25, 0.3) is 11.3 Å². The van der Waals surface area contributed by atoms with Gasteiger partial charge < -0.3 is 9.84 Å². The number of rotatable bonds is 3. The second-order valence-corrected chi connectivity index (χ2v) is 6.25. The average molecular weight is 341 g/mol. The molecule has 0 aliphatic rings. The molecule has 3 aromatic rings. The Labute approximate surface area is 145 Å². The summed E-state index contributed by atoms with van der Waals surface area (Å²) in [6, 6.07) is 12.8. The molecule has 0 atom stereocenters. The molecular weight excluding hydrogens is 324 g/mol. The Balaban J connectivity index is 1.83. The first kappa shape index (κ1) is 16.3. The molecule has 0 radical (unpaired) electrons. The third-order valence-corrected chi connectivity index (χ3v) is 4.04. The van der Waals surface area contributed by atoms with Gasteiger partial charge in [-0.15, -0.1) is 0 Å². The molecule has 0 saturated heterocycles. The summed E-state index contributed by atoms with van der Waals surface area (Å²) in [7, 11) is 0. The molecule has 3 rings (SSSR count). The van der Waals surface area contributed by atoms with Gasteiger partial charge in [0.1, 0.15) is 0 Å². The summed E-state index contributed by atoms with van der Waals surface area (Å²) in [5.74, 6) is 0.225. The minimum atomic E-state index is -0.297. The number of aryl methyl sites for hydroxylation is 3. The van der Waals surface area contributed by atoms with E-state index in [0.29, 0.717) is 10.8 Å². The lowest BCUT2D eigenvalue weighted by molar-refractivity contribution is 0.101. The predicted molar refractivity (Wildman–Crippen MR) is 95.6 cm³/mol. The predicted octanol–water partition coefficient (Wildman–Crippen LogP) is 5.17. The minimum Gasteiger partial charge on any atom is -0.355 e. The van der Waals surface area contributed by atoms with E-state index in [1.54, 1.807) is 18.2 Å². The van der Waals surface area contributed by atoms with Gasteiger partial charge in [-0.3, -0.25) is 4.79 Å². The molecular formula is C19H17ClN2O2. The Kier molecular flexibility index (Phi) is 4.40. The summed E-state index contributed by atoms with van der Waals surface area (Å²) in [6.07, 6.45) is 0. The zero-order chi connectivity index (χ0) is 17.3. The van der Waals surface area contributed by atoms with Gasteiger partial charge >= 0.3 is 0 Å². The molecule has 1 heterocycles. The van der Waals surface area contributed by atoms with E-state index < -0.39 is 0 Å². The van der Waals surface area contributed by atoms with Gasteiger partial charge in [0.15, 0.2) is 11.5 Å². The van der Waals surface area contributed by atoms with Crippen molar-refractivity contribution in [1.82, 2.24) is 5.16 Å². The smallest absolute Gasteiger partial charge is 0.277 e. The number of anilines is 1. The van der Waals surface area contributed by atoms with Crippen LogP contribution >= 0.6 is 11.6 Å². The zero-order valence-corrected chi connectivity index (χ0v) is 14.4. The van der Waals surface area contributed by atoms with Gasteiger partial charge in [0.2, 0.25) is 0 Å². The van der Waals surface area contributed by atoms with Crippen molar-refractivity contribution in [2.24, 2.45) is 0 Å². The summed E-state index contributed by atoms with van der Waals surface area (Å²) >= 11 is 5.88. The molecule has 0 bridgehead atoms. The Bertz CT molecular complexity index is 875. The lowest BCUT2D eigenvalue weighted by Crippen LogP contribution is -2.14. The number of hydrogen-bond donors (Lipinski definition) is 1. The standard InChI is InChI=1S/C19H17ClN2O2/c1-11-8-12(2)18(13(3)9-11)21-19(23)16-10-17(24-22-16)14-4-6-15(20)7-5-14/h4-10H,1-3H3,(H,21,23). The molecule has 0 fully saturated rings. The highest BCUT2D eigenvalue weighted by Crippen LogP contribution is 2.25. The van der Waals surface area contributed by atoms with E-state index in [0.717, 1.165) is 27.9 Å². The van der Waals surface area contributed by atoms with E-state index in [1.807, 2.05) is 45.0 Å². The maximum absolute atomic E-state index is 12.4. The minimum absolute atomic E-state index is 0.235. The number of nitrogens with zero attached hydrogens (tertiary/aromatic N) is 1. The molecule has 1 N–H and O–H groups in total. The quantitative estimate of drug-likeness (QED) is 0.715. The van der Waals surface area contributed by atoms with E-state index in [-0.39, 0.29) is 11.6 Å². The fourth-order valence-electron chi connectivity index (χ4n) is 2.69. The second kappa shape index (κ2) is 6.49. The van der Waals surface area contributed by atoms with Crippen molar-refractivity contribution >= 4 is 23.2 Å². The Morgan fingerprint density at radius 2 is 1.67 bits per heavy atom. The van der Waals surface area contributed by atoms with Crippen LogP contribution in [0.4, 0.5) is 5.69 Å². The molecule has 0 saturated carbocycles. The zero-order valence-electron chi connectivity index (χ0n) is 13.7. The van der Waals surface area contributed by atoms with Crippen molar-refractivity contribution in [3.05, 3.63) is 69.9 Å². The fourth-order valence-corrected chi connectivity index (χ4v) is 2.81. The van der Waals surface area contributed by atoms with E-state index >= 15 is 0 Å². The molecule has 24 heavy (non-hydrogen) atoms. The van der Waals surface area contributed by atoms with Gasteiger partial charge in [0.25, 0.3) is 5.91 Å². The Morgan fingerprint density at radius 3 is 2.29 bits per heavy atom. The van der Waals surface area contributed by atoms with Gasteiger partial charge in [-0.05, 0) is 56.2 Å². The van der Waals surface area contributed by atoms with Gasteiger partial charge in [0.05, 0.1) is 0 Å². The normalized spacial score (nSPS) is 10.7. The maximum Gasteiger partial charge on any atom is 0.277 e. The monoisotopic (exact) mass is 340 g/mol. The van der Waals surface area contributed by atoms with Crippen LogP contribution in [0.15, 0.2) is 47.0 Å². The second-order valence-electron chi connectivity index (χ2n) is 5.81. The lowest BCUT2D eigenvalue weighted by Gasteiger charge is -2.11. The SMILES string of the molecule is Cc1cc(C)c(NC(=O)c2cc(-c3ccc(Cl)cc3)on2)c(C)c1. The third-order valence-electron chi connectivity index (χ3n) is 3.79. The highest BCUT2D eigenvalue weighted by atomic mass is 35.5. The molecule has 4 nitrogen and oxygen atoms in total. The third kappa shape index (κ3) is 3.34. The topological polar surface area (TPSA) is 55.1 Å². The average Bonchev–Trinajstić information content (AvgIpc) is 3.01. The highest BCUT2D eigenvalue weighted by Gasteiger charge is 2.16. The molecule has 2 aromatic carbocycles. The van der Waals surface area contributed by atoms with Crippen LogP contribution in [0.2, 0.25) is 5.02 Å². The first-order chi connectivity index (χ1) is 11.4. The molecule has 122 valence electrons. The lowest BCUT2D eigenvalue weighted by atomic mass is 10.0. The molecule has 1 aromatic heterocycles. The van der Waals surface area contributed by atoms with Crippen molar-refractivity contribution in [2.75, 3.05) is 5.32 Å². The van der Waals surface area contributed by atoms with Gasteiger partial charge in [-0.1, -0.05) is 34.5 Å². The number of hydrogen-bond acceptors (Lipinski definition) is 3. The van der Waals surface area contributed by atoms with Crippen molar-refractivity contribution in [1.29, 1.82) is 0 Å². The number of amides is 1. The van der Waals surface area contributed by atoms with Crippen LogP contribution in [0.3, 0.4) is 0 Å². The molecule has 0 unspecified atom stereocenters. The molecule has 0 aliphatic heterocycles. The van der Waals surface area contributed by atoms with E-state index in [2.05, 4.69) is 10.5 Å². The Morgan fingerprint density at radius 1 is 1.04 bits per heavy atom. The summed E-state index contributed by atoms with van der Waals surface area (Å²) in [5, 5.41) is 7.42. The van der Waals surface area contributed by atoms with Crippen LogP contribution in [-0.2, 0) is 0 Å². The van der Waals surface area contributed by atoms with E-state index in [9.17, 15) is 4.79 Å². The van der Waals surface area contributed by atoms with Crippen LogP contribution in [-0.4, -0.2) is 11.1 Å². The van der Waals surface area contributed by atoms with Gasteiger partial charge in [0, 0.05) is 22.3 Å².